The predicted octanol–water partition coefficient (Wildman–Crippen LogP) is 3.12. The number of aromatic amines is 1. The SMILES string of the molecule is CCC(NC(=O)CN1C(=O)NC(C)(c2ccc(OC)cc2)C1=O)c1ncc(-c2ccccc2)[nH]1. The van der Waals surface area contributed by atoms with Gasteiger partial charge in [0.05, 0.1) is 25.0 Å². The molecule has 2 unspecified atom stereocenters. The van der Waals surface area contributed by atoms with Crippen molar-refractivity contribution in [3.05, 3.63) is 72.2 Å². The summed E-state index contributed by atoms with van der Waals surface area (Å²) in [6, 6.07) is 15.6. The van der Waals surface area contributed by atoms with Gasteiger partial charge in [-0.15, -0.1) is 0 Å². The van der Waals surface area contributed by atoms with Crippen molar-refractivity contribution in [1.29, 1.82) is 0 Å². The van der Waals surface area contributed by atoms with E-state index in [9.17, 15) is 14.4 Å². The van der Waals surface area contributed by atoms with E-state index in [0.29, 0.717) is 23.6 Å². The van der Waals surface area contributed by atoms with Gasteiger partial charge in [0.1, 0.15) is 23.7 Å². The molecule has 2 atom stereocenters. The number of nitrogens with zero attached hydrogens (tertiary/aromatic N) is 2. The van der Waals surface area contributed by atoms with Crippen molar-refractivity contribution in [3.63, 3.8) is 0 Å². The van der Waals surface area contributed by atoms with E-state index in [1.165, 1.54) is 0 Å². The first kappa shape index (κ1) is 23.0. The highest BCUT2D eigenvalue weighted by molar-refractivity contribution is 6.09. The zero-order chi connectivity index (χ0) is 24.3. The Balaban J connectivity index is 1.44. The summed E-state index contributed by atoms with van der Waals surface area (Å²) in [4.78, 5) is 47.1. The fourth-order valence-corrected chi connectivity index (χ4v) is 3.99. The average molecular weight is 462 g/mol. The Labute approximate surface area is 197 Å². The minimum atomic E-state index is -1.26. The van der Waals surface area contributed by atoms with E-state index in [2.05, 4.69) is 20.6 Å². The first-order valence-electron chi connectivity index (χ1n) is 11.0. The van der Waals surface area contributed by atoms with Crippen LogP contribution in [0, 0.1) is 0 Å². The summed E-state index contributed by atoms with van der Waals surface area (Å²) in [5, 5.41) is 5.58. The number of ether oxygens (including phenoxy) is 1. The molecule has 0 aliphatic carbocycles. The van der Waals surface area contributed by atoms with Crippen LogP contribution < -0.4 is 15.4 Å². The van der Waals surface area contributed by atoms with Crippen LogP contribution in [0.25, 0.3) is 11.3 Å². The molecule has 3 aromatic rings. The topological polar surface area (TPSA) is 116 Å². The summed E-state index contributed by atoms with van der Waals surface area (Å²) in [7, 11) is 1.55. The standard InChI is InChI=1S/C25H27N5O4/c1-4-19(22-26-14-20(28-22)16-8-6-5-7-9-16)27-21(31)15-30-23(32)25(2,29-24(30)33)17-10-12-18(34-3)13-11-17/h5-14,19H,4,15H2,1-3H3,(H,26,28)(H,27,31)(H,29,33). The molecule has 1 aliphatic rings. The van der Waals surface area contributed by atoms with E-state index in [0.717, 1.165) is 16.2 Å². The first-order valence-corrected chi connectivity index (χ1v) is 11.0. The van der Waals surface area contributed by atoms with Crippen LogP contribution in [0.5, 0.6) is 5.75 Å². The molecule has 1 aromatic heterocycles. The summed E-state index contributed by atoms with van der Waals surface area (Å²) < 4.78 is 5.15. The molecule has 0 bridgehead atoms. The number of imide groups is 1. The lowest BCUT2D eigenvalue weighted by Gasteiger charge is -2.22. The van der Waals surface area contributed by atoms with Crippen LogP contribution in [0.1, 0.15) is 37.7 Å². The minimum absolute atomic E-state index is 0.390. The van der Waals surface area contributed by atoms with Crippen molar-refractivity contribution in [3.8, 4) is 17.0 Å². The number of carbonyl (C=O) groups is 3. The number of aromatic nitrogens is 2. The summed E-state index contributed by atoms with van der Waals surface area (Å²) >= 11 is 0. The number of methoxy groups -OCH3 is 1. The lowest BCUT2D eigenvalue weighted by Crippen LogP contribution is -2.44. The molecular weight excluding hydrogens is 434 g/mol. The summed E-state index contributed by atoms with van der Waals surface area (Å²) in [5.74, 6) is 0.302. The third-order valence-corrected chi connectivity index (χ3v) is 6.00. The van der Waals surface area contributed by atoms with Crippen LogP contribution in [0.4, 0.5) is 4.79 Å². The zero-order valence-corrected chi connectivity index (χ0v) is 19.3. The molecule has 1 saturated heterocycles. The maximum atomic E-state index is 13.1. The molecule has 176 valence electrons. The van der Waals surface area contributed by atoms with Crippen LogP contribution in [-0.4, -0.2) is 46.4 Å². The number of benzene rings is 2. The molecular formula is C25H27N5O4. The quantitative estimate of drug-likeness (QED) is 0.446. The number of imidazole rings is 1. The lowest BCUT2D eigenvalue weighted by molar-refractivity contribution is -0.135. The van der Waals surface area contributed by atoms with E-state index in [-0.39, 0.29) is 6.54 Å². The summed E-state index contributed by atoms with van der Waals surface area (Å²) in [6.07, 6.45) is 2.30. The maximum Gasteiger partial charge on any atom is 0.325 e. The Morgan fingerprint density at radius 1 is 1.15 bits per heavy atom. The van der Waals surface area contributed by atoms with Gasteiger partial charge in [-0.2, -0.15) is 0 Å². The number of amides is 4. The largest absolute Gasteiger partial charge is 0.497 e. The van der Waals surface area contributed by atoms with E-state index in [1.54, 1.807) is 44.5 Å². The number of carbonyl (C=O) groups excluding carboxylic acids is 3. The molecule has 9 heteroatoms. The van der Waals surface area contributed by atoms with Gasteiger partial charge in [0.2, 0.25) is 5.91 Å². The second-order valence-electron chi connectivity index (χ2n) is 8.25. The van der Waals surface area contributed by atoms with E-state index < -0.39 is 29.4 Å². The molecule has 9 nitrogen and oxygen atoms in total. The highest BCUT2D eigenvalue weighted by Gasteiger charge is 2.49. The molecule has 0 saturated carbocycles. The smallest absolute Gasteiger partial charge is 0.325 e. The van der Waals surface area contributed by atoms with Crippen molar-refractivity contribution in [2.24, 2.45) is 0 Å². The number of rotatable bonds is 8. The Hall–Kier alpha value is -4.14. The van der Waals surface area contributed by atoms with Crippen LogP contribution in [0.2, 0.25) is 0 Å². The average Bonchev–Trinajstić information content (AvgIpc) is 3.43. The van der Waals surface area contributed by atoms with Crippen molar-refractivity contribution in [1.82, 2.24) is 25.5 Å². The van der Waals surface area contributed by atoms with Gasteiger partial charge in [-0.1, -0.05) is 49.4 Å². The van der Waals surface area contributed by atoms with Crippen LogP contribution in [0.3, 0.4) is 0 Å². The maximum absolute atomic E-state index is 13.1. The molecule has 2 heterocycles. The normalized spacial score (nSPS) is 18.5. The highest BCUT2D eigenvalue weighted by atomic mass is 16.5. The van der Waals surface area contributed by atoms with Crippen molar-refractivity contribution in [2.45, 2.75) is 31.8 Å². The molecule has 1 fully saturated rings. The van der Waals surface area contributed by atoms with E-state index in [4.69, 9.17) is 4.74 Å². The van der Waals surface area contributed by atoms with Crippen molar-refractivity contribution in [2.75, 3.05) is 13.7 Å². The van der Waals surface area contributed by atoms with Gasteiger partial charge in [-0.05, 0) is 36.6 Å². The van der Waals surface area contributed by atoms with Gasteiger partial charge in [0, 0.05) is 0 Å². The van der Waals surface area contributed by atoms with E-state index in [1.807, 2.05) is 37.3 Å². The summed E-state index contributed by atoms with van der Waals surface area (Å²) in [6.45, 7) is 3.15. The van der Waals surface area contributed by atoms with Gasteiger partial charge in [-0.3, -0.25) is 14.5 Å². The Morgan fingerprint density at radius 2 is 1.85 bits per heavy atom. The number of hydrogen-bond donors (Lipinski definition) is 3. The van der Waals surface area contributed by atoms with Crippen molar-refractivity contribution >= 4 is 17.8 Å². The number of urea groups is 1. The van der Waals surface area contributed by atoms with Gasteiger partial charge in [-0.25, -0.2) is 9.78 Å². The zero-order valence-electron chi connectivity index (χ0n) is 19.3. The van der Waals surface area contributed by atoms with Crippen molar-refractivity contribution < 1.29 is 19.1 Å². The molecule has 3 N–H and O–H groups in total. The van der Waals surface area contributed by atoms with Crippen LogP contribution in [0.15, 0.2) is 60.8 Å². The monoisotopic (exact) mass is 461 g/mol. The third kappa shape index (κ3) is 4.36. The predicted molar refractivity (Wildman–Crippen MR) is 126 cm³/mol. The molecule has 4 amide bonds. The van der Waals surface area contributed by atoms with Gasteiger partial charge in [0.25, 0.3) is 5.91 Å². The lowest BCUT2D eigenvalue weighted by atomic mass is 9.92. The molecule has 0 radical (unpaired) electrons. The Kier molecular flexibility index (Phi) is 6.36. The minimum Gasteiger partial charge on any atom is -0.497 e. The molecule has 34 heavy (non-hydrogen) atoms. The fraction of sp³-hybridized carbons (Fsp3) is 0.280. The Morgan fingerprint density at radius 3 is 2.50 bits per heavy atom. The fourth-order valence-electron chi connectivity index (χ4n) is 3.99. The first-order chi connectivity index (χ1) is 16.4. The third-order valence-electron chi connectivity index (χ3n) is 6.00. The van der Waals surface area contributed by atoms with Gasteiger partial charge in [0.15, 0.2) is 0 Å². The second-order valence-corrected chi connectivity index (χ2v) is 8.25. The summed E-state index contributed by atoms with van der Waals surface area (Å²) in [5.41, 5.74) is 1.16. The van der Waals surface area contributed by atoms with Crippen LogP contribution in [-0.2, 0) is 15.1 Å². The number of nitrogens with one attached hydrogen (secondary N) is 3. The molecule has 0 spiro atoms. The molecule has 4 rings (SSSR count). The van der Waals surface area contributed by atoms with Gasteiger partial charge >= 0.3 is 6.03 Å². The Bertz CT molecular complexity index is 1190. The second kappa shape index (κ2) is 9.38. The highest BCUT2D eigenvalue weighted by Crippen LogP contribution is 2.30. The van der Waals surface area contributed by atoms with E-state index >= 15 is 0 Å². The molecule has 1 aliphatic heterocycles. The van der Waals surface area contributed by atoms with Crippen LogP contribution >= 0.6 is 0 Å². The molecule has 2 aromatic carbocycles. The number of H-pyrrole nitrogens is 1. The van der Waals surface area contributed by atoms with Gasteiger partial charge < -0.3 is 20.4 Å². The number of hydrogen-bond acceptors (Lipinski definition) is 5.